The number of hydrogen-bond donors (Lipinski definition) is 0. The van der Waals surface area contributed by atoms with Gasteiger partial charge < -0.3 is 4.74 Å². The molecule has 0 aliphatic carbocycles. The quantitative estimate of drug-likeness (QED) is 0.234. The molecule has 0 unspecified atom stereocenters. The van der Waals surface area contributed by atoms with Gasteiger partial charge in [-0.15, -0.1) is 0 Å². The lowest BCUT2D eigenvalue weighted by molar-refractivity contribution is -0.113. The number of rotatable bonds is 5. The van der Waals surface area contributed by atoms with Gasteiger partial charge in [-0.2, -0.15) is 0 Å². The number of benzene rings is 3. The standard InChI is InChI=1S/C23H16BrNO2S2/c1-2-12-27-20-11-10-17(24)13-16(20)14-21-22(26)25(23(28)29-21)19-9-5-7-15-6-3-4-8-18(15)19/h2-11,13-14H,1,12H2/b21-14-. The number of fused-ring (bicyclic) bond motifs is 1. The van der Waals surface area contributed by atoms with Crippen LogP contribution in [0.15, 0.2) is 82.7 Å². The number of hydrogen-bond acceptors (Lipinski definition) is 4. The molecule has 0 aromatic heterocycles. The van der Waals surface area contributed by atoms with Gasteiger partial charge in [-0.05, 0) is 35.7 Å². The highest BCUT2D eigenvalue weighted by molar-refractivity contribution is 9.10. The van der Waals surface area contributed by atoms with Crippen LogP contribution in [0.1, 0.15) is 5.56 Å². The van der Waals surface area contributed by atoms with E-state index in [1.807, 2.05) is 66.7 Å². The minimum atomic E-state index is -0.133. The first-order valence-electron chi connectivity index (χ1n) is 8.87. The van der Waals surface area contributed by atoms with Gasteiger partial charge in [0.15, 0.2) is 4.32 Å². The molecule has 0 spiro atoms. The van der Waals surface area contributed by atoms with E-state index in [4.69, 9.17) is 17.0 Å². The second-order valence-corrected chi connectivity index (χ2v) is 8.89. The van der Waals surface area contributed by atoms with Crippen LogP contribution in [0.25, 0.3) is 16.8 Å². The van der Waals surface area contributed by atoms with Gasteiger partial charge in [-0.1, -0.05) is 89.0 Å². The first-order chi connectivity index (χ1) is 14.1. The van der Waals surface area contributed by atoms with E-state index in [1.54, 1.807) is 11.0 Å². The lowest BCUT2D eigenvalue weighted by atomic mass is 10.1. The van der Waals surface area contributed by atoms with Crippen LogP contribution in [-0.4, -0.2) is 16.8 Å². The largest absolute Gasteiger partial charge is 0.489 e. The van der Waals surface area contributed by atoms with Crippen molar-refractivity contribution in [2.24, 2.45) is 0 Å². The molecule has 144 valence electrons. The molecule has 1 amide bonds. The normalized spacial score (nSPS) is 15.3. The van der Waals surface area contributed by atoms with Crippen LogP contribution in [-0.2, 0) is 4.79 Å². The zero-order valence-electron chi connectivity index (χ0n) is 15.3. The smallest absolute Gasteiger partial charge is 0.270 e. The maximum atomic E-state index is 13.3. The molecule has 4 rings (SSSR count). The molecule has 3 nitrogen and oxygen atoms in total. The van der Waals surface area contributed by atoms with Gasteiger partial charge in [-0.25, -0.2) is 0 Å². The summed E-state index contributed by atoms with van der Waals surface area (Å²) in [5.74, 6) is 0.550. The van der Waals surface area contributed by atoms with E-state index in [-0.39, 0.29) is 5.91 Å². The number of amides is 1. The van der Waals surface area contributed by atoms with Crippen molar-refractivity contribution >= 4 is 72.7 Å². The highest BCUT2D eigenvalue weighted by atomic mass is 79.9. The third kappa shape index (κ3) is 4.01. The molecule has 1 aliphatic heterocycles. The minimum absolute atomic E-state index is 0.133. The van der Waals surface area contributed by atoms with Crippen molar-refractivity contribution in [1.82, 2.24) is 0 Å². The molecule has 0 atom stereocenters. The fourth-order valence-electron chi connectivity index (χ4n) is 3.13. The van der Waals surface area contributed by atoms with Gasteiger partial charge >= 0.3 is 0 Å². The van der Waals surface area contributed by atoms with Crippen LogP contribution in [0.3, 0.4) is 0 Å². The maximum absolute atomic E-state index is 13.3. The van der Waals surface area contributed by atoms with E-state index in [9.17, 15) is 4.79 Å². The van der Waals surface area contributed by atoms with Crippen molar-refractivity contribution in [3.63, 3.8) is 0 Å². The fourth-order valence-corrected chi connectivity index (χ4v) is 4.79. The summed E-state index contributed by atoms with van der Waals surface area (Å²) in [5.41, 5.74) is 1.60. The van der Waals surface area contributed by atoms with Crippen molar-refractivity contribution in [3.8, 4) is 5.75 Å². The third-order valence-corrected chi connectivity index (χ3v) is 6.21. The lowest BCUT2D eigenvalue weighted by Gasteiger charge is -2.17. The highest BCUT2D eigenvalue weighted by Gasteiger charge is 2.34. The molecule has 6 heteroatoms. The maximum Gasteiger partial charge on any atom is 0.270 e. The Bertz CT molecular complexity index is 1170. The first kappa shape index (κ1) is 19.9. The van der Waals surface area contributed by atoms with Gasteiger partial charge in [0.2, 0.25) is 0 Å². The summed E-state index contributed by atoms with van der Waals surface area (Å²) in [5, 5.41) is 2.06. The molecule has 1 saturated heterocycles. The summed E-state index contributed by atoms with van der Waals surface area (Å²) in [6.45, 7) is 4.07. The van der Waals surface area contributed by atoms with E-state index in [0.717, 1.165) is 26.5 Å². The van der Waals surface area contributed by atoms with Crippen molar-refractivity contribution in [2.45, 2.75) is 0 Å². The van der Waals surface area contributed by atoms with Crippen molar-refractivity contribution < 1.29 is 9.53 Å². The Morgan fingerprint density at radius 1 is 1.14 bits per heavy atom. The van der Waals surface area contributed by atoms with E-state index in [2.05, 4.69) is 22.5 Å². The Kier molecular flexibility index (Phi) is 5.85. The monoisotopic (exact) mass is 481 g/mol. The molecular weight excluding hydrogens is 466 g/mol. The zero-order chi connectivity index (χ0) is 20.4. The Morgan fingerprint density at radius 2 is 1.93 bits per heavy atom. The minimum Gasteiger partial charge on any atom is -0.489 e. The number of anilines is 1. The van der Waals surface area contributed by atoms with Crippen LogP contribution in [0.4, 0.5) is 5.69 Å². The Balaban J connectivity index is 1.74. The van der Waals surface area contributed by atoms with E-state index in [0.29, 0.717) is 21.6 Å². The average Bonchev–Trinajstić information content (AvgIpc) is 3.00. The molecule has 1 aliphatic rings. The SMILES string of the molecule is C=CCOc1ccc(Br)cc1/C=C1\SC(=S)N(c2cccc3ccccc23)C1=O. The number of carbonyl (C=O) groups excluding carboxylic acids is 1. The summed E-state index contributed by atoms with van der Waals surface area (Å²) in [6, 6.07) is 19.5. The van der Waals surface area contributed by atoms with Gasteiger partial charge in [0.25, 0.3) is 5.91 Å². The molecule has 0 saturated carbocycles. The molecule has 0 N–H and O–H groups in total. The van der Waals surface area contributed by atoms with Crippen LogP contribution < -0.4 is 9.64 Å². The molecule has 0 bridgehead atoms. The number of ether oxygens (including phenoxy) is 1. The number of thiocarbonyl (C=S) groups is 1. The summed E-state index contributed by atoms with van der Waals surface area (Å²) in [4.78, 5) is 15.4. The van der Waals surface area contributed by atoms with Crippen molar-refractivity contribution in [2.75, 3.05) is 11.5 Å². The van der Waals surface area contributed by atoms with E-state index in [1.165, 1.54) is 11.8 Å². The summed E-state index contributed by atoms with van der Waals surface area (Å²) in [6.07, 6.45) is 3.51. The van der Waals surface area contributed by atoms with Gasteiger partial charge in [0.05, 0.1) is 10.6 Å². The Hall–Kier alpha value is -2.41. The van der Waals surface area contributed by atoms with Gasteiger partial charge in [0, 0.05) is 15.4 Å². The zero-order valence-corrected chi connectivity index (χ0v) is 18.5. The average molecular weight is 482 g/mol. The molecule has 3 aromatic rings. The van der Waals surface area contributed by atoms with Crippen molar-refractivity contribution in [3.05, 3.63) is 88.3 Å². The third-order valence-electron chi connectivity index (χ3n) is 4.42. The number of halogens is 1. The van der Waals surface area contributed by atoms with Gasteiger partial charge in [0.1, 0.15) is 12.4 Å². The molecule has 0 radical (unpaired) electrons. The van der Waals surface area contributed by atoms with Crippen LogP contribution in [0.2, 0.25) is 0 Å². The summed E-state index contributed by atoms with van der Waals surface area (Å²) >= 11 is 10.3. The van der Waals surface area contributed by atoms with Gasteiger partial charge in [-0.3, -0.25) is 9.69 Å². The predicted octanol–water partition coefficient (Wildman–Crippen LogP) is 6.57. The second-order valence-electron chi connectivity index (χ2n) is 6.30. The Morgan fingerprint density at radius 3 is 2.76 bits per heavy atom. The fraction of sp³-hybridized carbons (Fsp3) is 0.0435. The topological polar surface area (TPSA) is 29.5 Å². The molecule has 29 heavy (non-hydrogen) atoms. The number of thioether (sulfide) groups is 1. The molecule has 3 aromatic carbocycles. The van der Waals surface area contributed by atoms with Crippen LogP contribution in [0.5, 0.6) is 5.75 Å². The van der Waals surface area contributed by atoms with E-state index >= 15 is 0 Å². The molecular formula is C23H16BrNO2S2. The van der Waals surface area contributed by atoms with E-state index < -0.39 is 0 Å². The predicted molar refractivity (Wildman–Crippen MR) is 129 cm³/mol. The first-order valence-corrected chi connectivity index (χ1v) is 10.9. The number of carbonyl (C=O) groups is 1. The number of nitrogens with zero attached hydrogens (tertiary/aromatic N) is 1. The van der Waals surface area contributed by atoms with Crippen LogP contribution in [0, 0.1) is 0 Å². The summed E-state index contributed by atoms with van der Waals surface area (Å²) < 4.78 is 7.15. The highest BCUT2D eigenvalue weighted by Crippen LogP contribution is 2.40. The lowest BCUT2D eigenvalue weighted by Crippen LogP contribution is -2.27. The molecule has 1 fully saturated rings. The van der Waals surface area contributed by atoms with Crippen molar-refractivity contribution in [1.29, 1.82) is 0 Å². The van der Waals surface area contributed by atoms with Crippen LogP contribution >= 0.6 is 39.9 Å². The molecule has 1 heterocycles. The Labute approximate surface area is 187 Å². The second kappa shape index (κ2) is 8.53. The summed E-state index contributed by atoms with van der Waals surface area (Å²) in [7, 11) is 0.